The second-order valence-corrected chi connectivity index (χ2v) is 8.03. The van der Waals surface area contributed by atoms with Crippen LogP contribution in [0.1, 0.15) is 53.9 Å². The molecule has 1 spiro atoms. The molecule has 29 heavy (non-hydrogen) atoms. The van der Waals surface area contributed by atoms with E-state index in [0.717, 1.165) is 19.3 Å². The number of aryl methyl sites for hydroxylation is 1. The molecule has 0 bridgehead atoms. The van der Waals surface area contributed by atoms with Crippen molar-refractivity contribution in [2.24, 2.45) is 5.41 Å². The van der Waals surface area contributed by atoms with E-state index in [-0.39, 0.29) is 36.3 Å². The third-order valence-electron chi connectivity index (χ3n) is 6.12. The number of carbonyl (C=O) groups excluding carboxylic acids is 2. The summed E-state index contributed by atoms with van der Waals surface area (Å²) in [4.78, 5) is 29.0. The number of likely N-dealkylation sites (tertiary alicyclic amines) is 2. The van der Waals surface area contributed by atoms with Gasteiger partial charge in [-0.2, -0.15) is 0 Å². The van der Waals surface area contributed by atoms with Gasteiger partial charge in [0.05, 0.1) is 6.61 Å². The van der Waals surface area contributed by atoms with Crippen LogP contribution >= 0.6 is 0 Å². The van der Waals surface area contributed by atoms with E-state index in [1.807, 2.05) is 40.1 Å². The highest BCUT2D eigenvalue weighted by Gasteiger charge is 2.49. The molecule has 154 valence electrons. The summed E-state index contributed by atoms with van der Waals surface area (Å²) in [7, 11) is 0. The van der Waals surface area contributed by atoms with E-state index in [9.17, 15) is 9.59 Å². The van der Waals surface area contributed by atoms with Crippen LogP contribution in [0.5, 0.6) is 0 Å². The molecule has 2 aliphatic rings. The first-order chi connectivity index (χ1) is 14.0. The molecule has 8 nitrogen and oxygen atoms in total. The first-order valence-corrected chi connectivity index (χ1v) is 10.1. The Balaban J connectivity index is 1.56. The molecule has 0 saturated carbocycles. The van der Waals surface area contributed by atoms with Crippen LogP contribution in [0.2, 0.25) is 0 Å². The average Bonchev–Trinajstić information content (AvgIpc) is 3.33. The van der Waals surface area contributed by atoms with Crippen LogP contribution in [-0.4, -0.2) is 63.2 Å². The molecule has 0 aliphatic carbocycles. The first kappa shape index (κ1) is 19.6. The predicted octanol–water partition coefficient (Wildman–Crippen LogP) is 1.96. The molecule has 2 aliphatic heterocycles. The highest BCUT2D eigenvalue weighted by molar-refractivity contribution is 5.94. The summed E-state index contributed by atoms with van der Waals surface area (Å²) in [6, 6.07) is 8.98. The number of rotatable bonds is 4. The molecule has 0 radical (unpaired) electrons. The maximum Gasteiger partial charge on any atom is 0.254 e. The van der Waals surface area contributed by atoms with E-state index in [2.05, 4.69) is 10.2 Å². The lowest BCUT2D eigenvalue weighted by molar-refractivity contribution is -0.134. The van der Waals surface area contributed by atoms with Crippen molar-refractivity contribution in [3.8, 4) is 0 Å². The van der Waals surface area contributed by atoms with Crippen molar-refractivity contribution in [2.45, 2.75) is 38.6 Å². The number of carbonyl (C=O) groups is 2. The molecule has 2 aromatic rings. The number of amides is 2. The SMILES string of the molecule is Cc1nnc(C2CC3(CCN(C(=O)CCO)CC3)CN2C(=O)c2ccccc2)o1. The fraction of sp³-hybridized carbons (Fsp3) is 0.524. The molecular weight excluding hydrogens is 372 g/mol. The van der Waals surface area contributed by atoms with E-state index in [0.29, 0.717) is 37.0 Å². The van der Waals surface area contributed by atoms with Crippen LogP contribution in [0.25, 0.3) is 0 Å². The first-order valence-electron chi connectivity index (χ1n) is 10.1. The van der Waals surface area contributed by atoms with Crippen molar-refractivity contribution >= 4 is 11.8 Å². The number of aromatic nitrogens is 2. The molecule has 1 N–H and O–H groups in total. The van der Waals surface area contributed by atoms with Crippen LogP contribution in [0.4, 0.5) is 0 Å². The Labute approximate surface area is 169 Å². The highest BCUT2D eigenvalue weighted by atomic mass is 16.4. The summed E-state index contributed by atoms with van der Waals surface area (Å²) < 4.78 is 5.70. The van der Waals surface area contributed by atoms with Crippen LogP contribution in [0.3, 0.4) is 0 Å². The number of piperidine rings is 1. The van der Waals surface area contributed by atoms with Crippen molar-refractivity contribution in [3.63, 3.8) is 0 Å². The van der Waals surface area contributed by atoms with E-state index in [1.165, 1.54) is 0 Å². The van der Waals surface area contributed by atoms with E-state index >= 15 is 0 Å². The average molecular weight is 398 g/mol. The van der Waals surface area contributed by atoms with E-state index in [4.69, 9.17) is 9.52 Å². The molecule has 2 amide bonds. The smallest absolute Gasteiger partial charge is 0.254 e. The summed E-state index contributed by atoms with van der Waals surface area (Å²) in [6.45, 7) is 3.51. The van der Waals surface area contributed by atoms with E-state index in [1.54, 1.807) is 6.92 Å². The Morgan fingerprint density at radius 2 is 1.93 bits per heavy atom. The van der Waals surface area contributed by atoms with Crippen molar-refractivity contribution in [3.05, 3.63) is 47.7 Å². The number of aliphatic hydroxyl groups excluding tert-OH is 1. The molecule has 1 unspecified atom stereocenters. The van der Waals surface area contributed by atoms with Crippen LogP contribution < -0.4 is 0 Å². The molecule has 2 saturated heterocycles. The lowest BCUT2D eigenvalue weighted by Gasteiger charge is -2.39. The highest BCUT2D eigenvalue weighted by Crippen LogP contribution is 2.49. The Morgan fingerprint density at radius 3 is 2.55 bits per heavy atom. The summed E-state index contributed by atoms with van der Waals surface area (Å²) in [5.74, 6) is 0.906. The zero-order valence-electron chi connectivity index (χ0n) is 16.6. The quantitative estimate of drug-likeness (QED) is 0.845. The number of hydrogen-bond donors (Lipinski definition) is 1. The van der Waals surface area contributed by atoms with Crippen molar-refractivity contribution in [2.75, 3.05) is 26.2 Å². The molecule has 2 fully saturated rings. The molecule has 4 rings (SSSR count). The van der Waals surface area contributed by atoms with Gasteiger partial charge < -0.3 is 19.3 Å². The van der Waals surface area contributed by atoms with Gasteiger partial charge in [0, 0.05) is 38.5 Å². The molecule has 1 aromatic carbocycles. The van der Waals surface area contributed by atoms with Crippen molar-refractivity contribution in [1.82, 2.24) is 20.0 Å². The largest absolute Gasteiger partial charge is 0.423 e. The molecule has 3 heterocycles. The third kappa shape index (κ3) is 3.89. The van der Waals surface area contributed by atoms with Gasteiger partial charge in [-0.3, -0.25) is 9.59 Å². The molecular formula is C21H26N4O4. The lowest BCUT2D eigenvalue weighted by atomic mass is 9.76. The van der Waals surface area contributed by atoms with Gasteiger partial charge in [0.2, 0.25) is 17.7 Å². The maximum absolute atomic E-state index is 13.3. The molecule has 1 aromatic heterocycles. The van der Waals surface area contributed by atoms with Crippen molar-refractivity contribution < 1.29 is 19.1 Å². The number of nitrogens with zero attached hydrogens (tertiary/aromatic N) is 4. The molecule has 8 heteroatoms. The van der Waals surface area contributed by atoms with Gasteiger partial charge in [-0.25, -0.2) is 0 Å². The Morgan fingerprint density at radius 1 is 1.21 bits per heavy atom. The summed E-state index contributed by atoms with van der Waals surface area (Å²) in [5.41, 5.74) is 0.564. The second kappa shape index (κ2) is 7.94. The van der Waals surface area contributed by atoms with Gasteiger partial charge in [-0.15, -0.1) is 10.2 Å². The van der Waals surface area contributed by atoms with Gasteiger partial charge in [0.1, 0.15) is 6.04 Å². The maximum atomic E-state index is 13.3. The van der Waals surface area contributed by atoms with Gasteiger partial charge in [0.15, 0.2) is 0 Å². The minimum Gasteiger partial charge on any atom is -0.423 e. The Bertz CT molecular complexity index is 874. The van der Waals surface area contributed by atoms with Crippen LogP contribution in [-0.2, 0) is 4.79 Å². The Hall–Kier alpha value is -2.74. The summed E-state index contributed by atoms with van der Waals surface area (Å²) in [6.07, 6.45) is 2.53. The Kier molecular flexibility index (Phi) is 5.36. The zero-order chi connectivity index (χ0) is 20.4. The summed E-state index contributed by atoms with van der Waals surface area (Å²) in [5, 5.41) is 17.2. The lowest BCUT2D eigenvalue weighted by Crippen LogP contribution is -2.44. The van der Waals surface area contributed by atoms with Crippen LogP contribution in [0.15, 0.2) is 34.7 Å². The molecule has 1 atom stereocenters. The number of aliphatic hydroxyl groups is 1. The standard InChI is InChI=1S/C21H26N4O4/c1-15-22-23-19(29-15)17-13-21(8-10-24(11-9-21)18(27)7-12-26)14-25(17)20(28)16-5-3-2-4-6-16/h2-6,17,26H,7-14H2,1H3. The summed E-state index contributed by atoms with van der Waals surface area (Å²) >= 11 is 0. The van der Waals surface area contributed by atoms with Crippen LogP contribution in [0, 0.1) is 12.3 Å². The van der Waals surface area contributed by atoms with E-state index < -0.39 is 0 Å². The van der Waals surface area contributed by atoms with Gasteiger partial charge in [0.25, 0.3) is 5.91 Å². The second-order valence-electron chi connectivity index (χ2n) is 8.03. The fourth-order valence-electron chi connectivity index (χ4n) is 4.53. The van der Waals surface area contributed by atoms with Gasteiger partial charge in [-0.05, 0) is 36.8 Å². The van der Waals surface area contributed by atoms with Crippen molar-refractivity contribution in [1.29, 1.82) is 0 Å². The zero-order valence-corrected chi connectivity index (χ0v) is 16.6. The minimum atomic E-state index is -0.261. The normalized spacial score (nSPS) is 21.0. The predicted molar refractivity (Wildman–Crippen MR) is 104 cm³/mol. The number of hydrogen-bond acceptors (Lipinski definition) is 6. The minimum absolute atomic E-state index is 0.0124. The number of benzene rings is 1. The van der Waals surface area contributed by atoms with Gasteiger partial charge >= 0.3 is 0 Å². The van der Waals surface area contributed by atoms with Gasteiger partial charge in [-0.1, -0.05) is 18.2 Å². The fourth-order valence-corrected chi connectivity index (χ4v) is 4.53. The monoisotopic (exact) mass is 398 g/mol. The topological polar surface area (TPSA) is 99.8 Å². The third-order valence-corrected chi connectivity index (χ3v) is 6.12.